The fourth-order valence-electron chi connectivity index (χ4n) is 1.81. The lowest BCUT2D eigenvalue weighted by molar-refractivity contribution is 0.346. The van der Waals surface area contributed by atoms with Crippen LogP contribution in [0.3, 0.4) is 0 Å². The van der Waals surface area contributed by atoms with Crippen LogP contribution in [0, 0.1) is 0 Å². The highest BCUT2D eigenvalue weighted by Gasteiger charge is 2.05. The fourth-order valence-corrected chi connectivity index (χ4v) is 1.81. The Bertz CT molecular complexity index is 293. The van der Waals surface area contributed by atoms with Crippen LogP contribution >= 0.6 is 0 Å². The summed E-state index contributed by atoms with van der Waals surface area (Å²) >= 11 is 0. The summed E-state index contributed by atoms with van der Waals surface area (Å²) < 4.78 is 2.08. The molecule has 1 aromatic rings. The maximum Gasteiger partial charge on any atom is 0.0522 e. The fraction of sp³-hybridized carbons (Fsp3) is 0.750. The lowest BCUT2D eigenvalue weighted by Crippen LogP contribution is -2.35. The van der Waals surface area contributed by atoms with Crippen LogP contribution in [-0.2, 0) is 13.1 Å². The zero-order valence-corrected chi connectivity index (χ0v) is 10.9. The second-order valence-electron chi connectivity index (χ2n) is 4.59. The van der Waals surface area contributed by atoms with Crippen LogP contribution in [0.5, 0.6) is 0 Å². The van der Waals surface area contributed by atoms with E-state index in [2.05, 4.69) is 54.0 Å². The van der Waals surface area contributed by atoms with Crippen molar-refractivity contribution in [3.8, 4) is 0 Å². The molecule has 92 valence electrons. The Morgan fingerprint density at radius 2 is 2.25 bits per heavy atom. The summed E-state index contributed by atoms with van der Waals surface area (Å²) in [5, 5.41) is 7.82. The molecular formula is C12H24N4. The molecule has 0 bridgehead atoms. The molecule has 1 rings (SSSR count). The molecule has 16 heavy (non-hydrogen) atoms. The number of rotatable bonds is 7. The van der Waals surface area contributed by atoms with Crippen LogP contribution < -0.4 is 5.32 Å². The third kappa shape index (κ3) is 4.33. The van der Waals surface area contributed by atoms with Gasteiger partial charge < -0.3 is 10.2 Å². The van der Waals surface area contributed by atoms with E-state index in [9.17, 15) is 0 Å². The highest BCUT2D eigenvalue weighted by molar-refractivity contribution is 5.00. The van der Waals surface area contributed by atoms with Gasteiger partial charge in [0.1, 0.15) is 0 Å². The monoisotopic (exact) mass is 224 g/mol. The number of likely N-dealkylation sites (N-methyl/N-ethyl adjacent to an activating group) is 1. The lowest BCUT2D eigenvalue weighted by Gasteiger charge is -2.18. The molecule has 0 amide bonds. The van der Waals surface area contributed by atoms with Crippen LogP contribution in [0.1, 0.15) is 26.0 Å². The summed E-state index contributed by atoms with van der Waals surface area (Å²) in [7, 11) is 4.19. The summed E-state index contributed by atoms with van der Waals surface area (Å²) in [6, 6.07) is 2.59. The van der Waals surface area contributed by atoms with Gasteiger partial charge in [0.2, 0.25) is 0 Å². The second-order valence-corrected chi connectivity index (χ2v) is 4.59. The van der Waals surface area contributed by atoms with Crippen molar-refractivity contribution in [3.63, 3.8) is 0 Å². The zero-order valence-electron chi connectivity index (χ0n) is 10.9. The van der Waals surface area contributed by atoms with Gasteiger partial charge in [-0.25, -0.2) is 0 Å². The maximum atomic E-state index is 4.31. The van der Waals surface area contributed by atoms with Crippen molar-refractivity contribution in [2.75, 3.05) is 20.6 Å². The van der Waals surface area contributed by atoms with E-state index in [1.807, 2.05) is 6.20 Å². The Hall–Kier alpha value is -0.870. The molecule has 0 saturated heterocycles. The number of nitrogens with one attached hydrogen (secondary N) is 1. The van der Waals surface area contributed by atoms with E-state index >= 15 is 0 Å². The highest BCUT2D eigenvalue weighted by Crippen LogP contribution is 2.00. The summed E-state index contributed by atoms with van der Waals surface area (Å²) in [6.45, 7) is 7.34. The van der Waals surface area contributed by atoms with Crippen molar-refractivity contribution in [2.24, 2.45) is 0 Å². The van der Waals surface area contributed by atoms with E-state index in [4.69, 9.17) is 0 Å². The molecule has 4 nitrogen and oxygen atoms in total. The molecule has 0 aliphatic rings. The number of nitrogens with zero attached hydrogens (tertiary/aromatic N) is 3. The summed E-state index contributed by atoms with van der Waals surface area (Å²) in [6.07, 6.45) is 3.01. The second kappa shape index (κ2) is 6.66. The standard InChI is InChI=1S/C12H24N4/c1-5-8-16-12(6-7-14-16)9-13-11(2)10-15(3)4/h6-7,11,13H,5,8-10H2,1-4H3. The van der Waals surface area contributed by atoms with Crippen molar-refractivity contribution >= 4 is 0 Å². The molecule has 0 fully saturated rings. The van der Waals surface area contributed by atoms with Gasteiger partial charge in [-0.2, -0.15) is 5.10 Å². The molecule has 0 saturated carbocycles. The molecule has 1 heterocycles. The molecule has 0 spiro atoms. The number of aryl methyl sites for hydroxylation is 1. The lowest BCUT2D eigenvalue weighted by atomic mass is 10.3. The average Bonchev–Trinajstić information content (AvgIpc) is 2.62. The number of hydrogen-bond donors (Lipinski definition) is 1. The first-order valence-corrected chi connectivity index (χ1v) is 6.02. The van der Waals surface area contributed by atoms with Crippen molar-refractivity contribution < 1.29 is 0 Å². The van der Waals surface area contributed by atoms with E-state index in [-0.39, 0.29) is 0 Å². The van der Waals surface area contributed by atoms with E-state index in [1.165, 1.54) is 5.69 Å². The van der Waals surface area contributed by atoms with Gasteiger partial charge in [0.25, 0.3) is 0 Å². The minimum Gasteiger partial charge on any atom is -0.308 e. The average molecular weight is 224 g/mol. The molecule has 4 heteroatoms. The molecular weight excluding hydrogens is 200 g/mol. The Morgan fingerprint density at radius 3 is 2.88 bits per heavy atom. The zero-order chi connectivity index (χ0) is 12.0. The third-order valence-corrected chi connectivity index (χ3v) is 2.51. The van der Waals surface area contributed by atoms with Crippen LogP contribution in [0.15, 0.2) is 12.3 Å². The van der Waals surface area contributed by atoms with Crippen LogP contribution in [0.2, 0.25) is 0 Å². The predicted octanol–water partition coefficient (Wildman–Crippen LogP) is 1.33. The van der Waals surface area contributed by atoms with Gasteiger partial charge >= 0.3 is 0 Å². The van der Waals surface area contributed by atoms with Crippen molar-refractivity contribution in [1.82, 2.24) is 20.0 Å². The minimum absolute atomic E-state index is 0.500. The van der Waals surface area contributed by atoms with Gasteiger partial charge in [0, 0.05) is 31.9 Å². The normalized spacial score (nSPS) is 13.3. The number of aromatic nitrogens is 2. The first-order chi connectivity index (χ1) is 7.63. The Morgan fingerprint density at radius 1 is 1.50 bits per heavy atom. The van der Waals surface area contributed by atoms with E-state index in [1.54, 1.807) is 0 Å². The molecule has 1 aromatic heterocycles. The topological polar surface area (TPSA) is 33.1 Å². The first-order valence-electron chi connectivity index (χ1n) is 6.02. The maximum absolute atomic E-state index is 4.31. The number of hydrogen-bond acceptors (Lipinski definition) is 3. The first kappa shape index (κ1) is 13.2. The molecule has 1 atom stereocenters. The Balaban J connectivity index is 2.38. The van der Waals surface area contributed by atoms with Crippen molar-refractivity contribution in [1.29, 1.82) is 0 Å². The Labute approximate surface area is 98.6 Å². The SMILES string of the molecule is CCCn1nccc1CNC(C)CN(C)C. The Kier molecular flexibility index (Phi) is 5.49. The van der Waals surface area contributed by atoms with Crippen molar-refractivity contribution in [2.45, 2.75) is 39.4 Å². The highest BCUT2D eigenvalue weighted by atomic mass is 15.3. The summed E-state index contributed by atoms with van der Waals surface area (Å²) in [4.78, 5) is 2.20. The van der Waals surface area contributed by atoms with Gasteiger partial charge in [-0.1, -0.05) is 6.92 Å². The van der Waals surface area contributed by atoms with Crippen LogP contribution in [0.25, 0.3) is 0 Å². The van der Waals surface area contributed by atoms with Crippen molar-refractivity contribution in [3.05, 3.63) is 18.0 Å². The molecule has 0 aliphatic heterocycles. The van der Waals surface area contributed by atoms with Gasteiger partial charge in [-0.05, 0) is 33.5 Å². The third-order valence-electron chi connectivity index (χ3n) is 2.51. The van der Waals surface area contributed by atoms with E-state index < -0.39 is 0 Å². The van der Waals surface area contributed by atoms with Gasteiger partial charge in [0.15, 0.2) is 0 Å². The van der Waals surface area contributed by atoms with Crippen LogP contribution in [-0.4, -0.2) is 41.4 Å². The molecule has 1 N–H and O–H groups in total. The predicted molar refractivity (Wildman–Crippen MR) is 67.4 cm³/mol. The summed E-state index contributed by atoms with van der Waals surface area (Å²) in [5.74, 6) is 0. The largest absolute Gasteiger partial charge is 0.308 e. The summed E-state index contributed by atoms with van der Waals surface area (Å²) in [5.41, 5.74) is 1.27. The van der Waals surface area contributed by atoms with Gasteiger partial charge in [-0.15, -0.1) is 0 Å². The smallest absolute Gasteiger partial charge is 0.0522 e. The quantitative estimate of drug-likeness (QED) is 0.758. The molecule has 0 aromatic carbocycles. The molecule has 0 radical (unpaired) electrons. The molecule has 0 aliphatic carbocycles. The molecule has 1 unspecified atom stereocenters. The van der Waals surface area contributed by atoms with E-state index in [0.29, 0.717) is 6.04 Å². The van der Waals surface area contributed by atoms with Crippen LogP contribution in [0.4, 0.5) is 0 Å². The van der Waals surface area contributed by atoms with Gasteiger partial charge in [0.05, 0.1) is 5.69 Å². The minimum atomic E-state index is 0.500. The van der Waals surface area contributed by atoms with Gasteiger partial charge in [-0.3, -0.25) is 4.68 Å². The van der Waals surface area contributed by atoms with E-state index in [0.717, 1.165) is 26.1 Å².